The molecule has 1 aromatic rings. The molecule has 0 aliphatic carbocycles. The van der Waals surface area contributed by atoms with Gasteiger partial charge in [-0.15, -0.1) is 0 Å². The van der Waals surface area contributed by atoms with Gasteiger partial charge in [-0.3, -0.25) is 9.59 Å². The van der Waals surface area contributed by atoms with Gasteiger partial charge in [0.1, 0.15) is 24.6 Å². The Morgan fingerprint density at radius 1 is 1.22 bits per heavy atom. The average molecular weight is 248 g/mol. The zero-order valence-corrected chi connectivity index (χ0v) is 10.5. The summed E-state index contributed by atoms with van der Waals surface area (Å²) < 4.78 is 9.89. The quantitative estimate of drug-likeness (QED) is 0.572. The summed E-state index contributed by atoms with van der Waals surface area (Å²) in [6.45, 7) is 1.52. The van der Waals surface area contributed by atoms with Crippen molar-refractivity contribution in [3.8, 4) is 5.75 Å². The molecule has 0 aliphatic rings. The topological polar surface area (TPSA) is 52.6 Å². The van der Waals surface area contributed by atoms with Gasteiger partial charge in [0.2, 0.25) is 0 Å². The molecule has 0 saturated carbocycles. The minimum absolute atomic E-state index is 0.165. The second-order valence-corrected chi connectivity index (χ2v) is 3.74. The van der Waals surface area contributed by atoms with Crippen molar-refractivity contribution in [3.63, 3.8) is 0 Å². The molecule has 0 heterocycles. The Morgan fingerprint density at radius 2 is 1.89 bits per heavy atom. The molecule has 0 amide bonds. The third kappa shape index (κ3) is 5.30. The lowest BCUT2D eigenvalue weighted by atomic mass is 10.2. The Labute approximate surface area is 106 Å². The van der Waals surface area contributed by atoms with Gasteiger partial charge in [-0.1, -0.05) is 18.2 Å². The van der Waals surface area contributed by atoms with Crippen LogP contribution in [-0.2, 0) is 14.3 Å². The van der Waals surface area contributed by atoms with Crippen LogP contribution in [0.15, 0.2) is 30.3 Å². The first-order valence-corrected chi connectivity index (χ1v) is 5.57. The molecule has 0 radical (unpaired) electrons. The first kappa shape index (κ1) is 14.0. The number of benzene rings is 1. The molecule has 0 N–H and O–H groups in total. The second kappa shape index (κ2) is 7.27. The second-order valence-electron chi connectivity index (χ2n) is 3.74. The van der Waals surface area contributed by atoms with Gasteiger partial charge in [0.15, 0.2) is 0 Å². The smallest absolute Gasteiger partial charge is 0.313 e. The Morgan fingerprint density at radius 3 is 2.44 bits per heavy atom. The van der Waals surface area contributed by atoms with E-state index in [4.69, 9.17) is 9.47 Å². The monoisotopic (exact) mass is 248 g/mol. The molecule has 0 spiro atoms. The van der Waals surface area contributed by atoms with Gasteiger partial charge < -0.3 is 9.47 Å². The molecular weight excluding hydrogens is 232 g/mol. The summed E-state index contributed by atoms with van der Waals surface area (Å²) in [5.74, 6) is 0.0982. The van der Waals surface area contributed by atoms with E-state index < -0.39 is 5.97 Å². The zero-order valence-electron chi connectivity index (χ0n) is 10.5. The number of carbonyl (C=O) groups excluding carboxylic acids is 2. The normalized spacial score (nSPS) is 10.3. The summed E-state index contributed by atoms with van der Waals surface area (Å²) in [5, 5.41) is 0. The molecule has 4 nitrogen and oxygen atoms in total. The molecule has 0 fully saturated rings. The lowest BCUT2D eigenvalue weighted by Crippen LogP contribution is -2.08. The van der Waals surface area contributed by atoms with E-state index in [9.17, 15) is 9.59 Å². The Balaban J connectivity index is 2.35. The highest BCUT2D eigenvalue weighted by Crippen LogP contribution is 2.12. The highest BCUT2D eigenvalue weighted by Gasteiger charge is 2.04. The van der Waals surface area contributed by atoms with Crippen LogP contribution in [0.5, 0.6) is 5.75 Å². The molecule has 96 valence electrons. The molecule has 0 aromatic heterocycles. The predicted octanol–water partition coefficient (Wildman–Crippen LogP) is 2.23. The van der Waals surface area contributed by atoms with Crippen LogP contribution in [0, 0.1) is 0 Å². The molecule has 0 unspecified atom stereocenters. The van der Waals surface area contributed by atoms with Crippen molar-refractivity contribution in [2.75, 3.05) is 13.7 Å². The Bertz CT molecular complexity index is 432. The van der Waals surface area contributed by atoms with Crippen molar-refractivity contribution in [2.45, 2.75) is 13.3 Å². The van der Waals surface area contributed by atoms with E-state index >= 15 is 0 Å². The molecule has 18 heavy (non-hydrogen) atoms. The van der Waals surface area contributed by atoms with E-state index in [0.717, 1.165) is 11.3 Å². The largest absolute Gasteiger partial charge is 0.497 e. The number of rotatable bonds is 6. The number of carbonyl (C=O) groups is 2. The summed E-state index contributed by atoms with van der Waals surface area (Å²) in [6.07, 6.45) is 3.39. The van der Waals surface area contributed by atoms with E-state index in [1.165, 1.54) is 6.92 Å². The lowest BCUT2D eigenvalue weighted by molar-refractivity contribution is -0.144. The summed E-state index contributed by atoms with van der Waals surface area (Å²) >= 11 is 0. The van der Waals surface area contributed by atoms with Crippen molar-refractivity contribution in [3.05, 3.63) is 35.9 Å². The number of hydrogen-bond acceptors (Lipinski definition) is 4. The van der Waals surface area contributed by atoms with E-state index in [1.807, 2.05) is 30.3 Å². The van der Waals surface area contributed by atoms with Crippen molar-refractivity contribution in [1.82, 2.24) is 0 Å². The minimum atomic E-state index is -0.498. The Kier molecular flexibility index (Phi) is 5.64. The van der Waals surface area contributed by atoms with Gasteiger partial charge in [-0.2, -0.15) is 0 Å². The van der Waals surface area contributed by atoms with E-state index in [2.05, 4.69) is 0 Å². The number of hydrogen-bond donors (Lipinski definition) is 0. The summed E-state index contributed by atoms with van der Waals surface area (Å²) in [5.41, 5.74) is 0.985. The average Bonchev–Trinajstić information content (AvgIpc) is 2.34. The van der Waals surface area contributed by atoms with Crippen LogP contribution in [0.3, 0.4) is 0 Å². The third-order valence-electron chi connectivity index (χ3n) is 2.16. The number of Topliss-reactive ketones (excluding diaryl/α,β-unsaturated/α-hetero) is 1. The SMILES string of the molecule is COc1ccc(/C=C/COC(=O)CC(C)=O)cc1. The van der Waals surface area contributed by atoms with Crippen LogP contribution >= 0.6 is 0 Å². The van der Waals surface area contributed by atoms with Crippen LogP contribution < -0.4 is 4.74 Å². The van der Waals surface area contributed by atoms with Gasteiger partial charge in [-0.05, 0) is 30.7 Å². The van der Waals surface area contributed by atoms with Crippen LogP contribution in [0.25, 0.3) is 6.08 Å². The predicted molar refractivity (Wildman–Crippen MR) is 68.3 cm³/mol. The van der Waals surface area contributed by atoms with E-state index in [1.54, 1.807) is 13.2 Å². The van der Waals surface area contributed by atoms with Gasteiger partial charge in [0.05, 0.1) is 7.11 Å². The molecule has 0 bridgehead atoms. The Hall–Kier alpha value is -2.10. The van der Waals surface area contributed by atoms with Crippen molar-refractivity contribution in [2.24, 2.45) is 0 Å². The summed E-state index contributed by atoms with van der Waals surface area (Å²) in [7, 11) is 1.61. The summed E-state index contributed by atoms with van der Waals surface area (Å²) in [6, 6.07) is 7.49. The zero-order chi connectivity index (χ0) is 13.4. The van der Waals surface area contributed by atoms with Gasteiger partial charge in [0, 0.05) is 0 Å². The molecule has 0 aliphatic heterocycles. The van der Waals surface area contributed by atoms with Crippen LogP contribution in [-0.4, -0.2) is 25.5 Å². The maximum Gasteiger partial charge on any atom is 0.313 e. The lowest BCUT2D eigenvalue weighted by Gasteiger charge is -2.00. The highest BCUT2D eigenvalue weighted by molar-refractivity contribution is 5.94. The first-order chi connectivity index (χ1) is 8.61. The maximum atomic E-state index is 11.1. The van der Waals surface area contributed by atoms with Crippen molar-refractivity contribution in [1.29, 1.82) is 0 Å². The molecule has 1 aromatic carbocycles. The number of esters is 1. The van der Waals surface area contributed by atoms with Crippen LogP contribution in [0.2, 0.25) is 0 Å². The van der Waals surface area contributed by atoms with Gasteiger partial charge >= 0.3 is 5.97 Å². The van der Waals surface area contributed by atoms with Crippen molar-refractivity contribution < 1.29 is 19.1 Å². The highest BCUT2D eigenvalue weighted by atomic mass is 16.5. The van der Waals surface area contributed by atoms with E-state index in [-0.39, 0.29) is 18.8 Å². The fourth-order valence-corrected chi connectivity index (χ4v) is 1.29. The van der Waals surface area contributed by atoms with Crippen molar-refractivity contribution >= 4 is 17.8 Å². The molecule has 0 saturated heterocycles. The molecule has 0 atom stereocenters. The number of ether oxygens (including phenoxy) is 2. The minimum Gasteiger partial charge on any atom is -0.497 e. The molecule has 4 heteroatoms. The fraction of sp³-hybridized carbons (Fsp3) is 0.286. The third-order valence-corrected chi connectivity index (χ3v) is 2.16. The molecule has 1 rings (SSSR count). The number of methoxy groups -OCH3 is 1. The van der Waals surface area contributed by atoms with Gasteiger partial charge in [-0.25, -0.2) is 0 Å². The molecular formula is C14H16O4. The van der Waals surface area contributed by atoms with Gasteiger partial charge in [0.25, 0.3) is 0 Å². The summed E-state index contributed by atoms with van der Waals surface area (Å²) in [4.78, 5) is 21.7. The van der Waals surface area contributed by atoms with Crippen LogP contribution in [0.4, 0.5) is 0 Å². The first-order valence-electron chi connectivity index (χ1n) is 5.57. The maximum absolute atomic E-state index is 11.1. The fourth-order valence-electron chi connectivity index (χ4n) is 1.29. The van der Waals surface area contributed by atoms with E-state index in [0.29, 0.717) is 0 Å². The number of ketones is 1. The standard InChI is InChI=1S/C14H16O4/c1-11(15)10-14(16)18-9-3-4-12-5-7-13(17-2)8-6-12/h3-8H,9-10H2,1-2H3/b4-3+. The van der Waals surface area contributed by atoms with Crippen LogP contribution in [0.1, 0.15) is 18.9 Å².